The number of nitrogens with zero attached hydrogens (tertiary/aromatic N) is 1. The van der Waals surface area contributed by atoms with Crippen molar-refractivity contribution in [3.63, 3.8) is 0 Å². The Morgan fingerprint density at radius 1 is 1.39 bits per heavy atom. The quantitative estimate of drug-likeness (QED) is 0.898. The third kappa shape index (κ3) is 2.89. The Morgan fingerprint density at radius 3 is 2.89 bits per heavy atom. The summed E-state index contributed by atoms with van der Waals surface area (Å²) in [5, 5.41) is 4.22. The van der Waals surface area contributed by atoms with Gasteiger partial charge in [0.25, 0.3) is 0 Å². The standard InChI is InChI=1S/C14H18N2OS/c1-4-17-12-6-5-11(7-10(12)2)13-8-16-14(18-13)9-15-3/h5-8,15H,4,9H2,1-3H3. The van der Waals surface area contributed by atoms with Crippen LogP contribution in [-0.2, 0) is 6.54 Å². The molecule has 4 heteroatoms. The molecule has 0 spiro atoms. The third-order valence-corrected chi connectivity index (χ3v) is 3.69. The van der Waals surface area contributed by atoms with Crippen molar-refractivity contribution in [1.82, 2.24) is 10.3 Å². The van der Waals surface area contributed by atoms with Crippen molar-refractivity contribution in [2.24, 2.45) is 0 Å². The summed E-state index contributed by atoms with van der Waals surface area (Å²) >= 11 is 1.72. The fraction of sp³-hybridized carbons (Fsp3) is 0.357. The van der Waals surface area contributed by atoms with E-state index in [-0.39, 0.29) is 0 Å². The van der Waals surface area contributed by atoms with E-state index in [9.17, 15) is 0 Å². The molecule has 1 N–H and O–H groups in total. The summed E-state index contributed by atoms with van der Waals surface area (Å²) in [6, 6.07) is 6.28. The maximum atomic E-state index is 5.55. The molecule has 0 aliphatic heterocycles. The molecule has 1 heterocycles. The zero-order chi connectivity index (χ0) is 13.0. The van der Waals surface area contributed by atoms with E-state index in [1.165, 1.54) is 10.4 Å². The lowest BCUT2D eigenvalue weighted by molar-refractivity contribution is 0.338. The van der Waals surface area contributed by atoms with Gasteiger partial charge in [0.05, 0.1) is 11.5 Å². The molecule has 0 fully saturated rings. The first-order valence-corrected chi connectivity index (χ1v) is 6.89. The molecule has 0 bridgehead atoms. The van der Waals surface area contributed by atoms with E-state index >= 15 is 0 Å². The van der Waals surface area contributed by atoms with Crippen molar-refractivity contribution in [2.45, 2.75) is 20.4 Å². The lowest BCUT2D eigenvalue weighted by atomic mass is 10.1. The molecule has 96 valence electrons. The molecule has 0 amide bonds. The van der Waals surface area contributed by atoms with Crippen LogP contribution in [0, 0.1) is 6.92 Å². The van der Waals surface area contributed by atoms with Crippen LogP contribution >= 0.6 is 11.3 Å². The Kier molecular flexibility index (Phi) is 4.33. The Labute approximate surface area is 112 Å². The van der Waals surface area contributed by atoms with E-state index in [0.29, 0.717) is 6.61 Å². The topological polar surface area (TPSA) is 34.1 Å². The van der Waals surface area contributed by atoms with Crippen LogP contribution in [0.4, 0.5) is 0 Å². The van der Waals surface area contributed by atoms with E-state index in [2.05, 4.69) is 29.4 Å². The van der Waals surface area contributed by atoms with Gasteiger partial charge in [-0.25, -0.2) is 4.98 Å². The van der Waals surface area contributed by atoms with Gasteiger partial charge in [-0.05, 0) is 50.2 Å². The Hall–Kier alpha value is -1.39. The minimum atomic E-state index is 0.701. The second-order valence-electron chi connectivity index (χ2n) is 4.06. The lowest BCUT2D eigenvalue weighted by Gasteiger charge is -2.07. The molecule has 2 aromatic rings. The van der Waals surface area contributed by atoms with Gasteiger partial charge in [0.1, 0.15) is 10.8 Å². The van der Waals surface area contributed by atoms with Gasteiger partial charge in [0.15, 0.2) is 0 Å². The van der Waals surface area contributed by atoms with Gasteiger partial charge in [-0.15, -0.1) is 11.3 Å². The summed E-state index contributed by atoms with van der Waals surface area (Å²) in [5.74, 6) is 0.959. The fourth-order valence-corrected chi connectivity index (χ4v) is 2.72. The minimum absolute atomic E-state index is 0.701. The Morgan fingerprint density at radius 2 is 2.22 bits per heavy atom. The van der Waals surface area contributed by atoms with Crippen LogP contribution in [-0.4, -0.2) is 18.6 Å². The number of hydrogen-bond donors (Lipinski definition) is 1. The molecule has 1 aromatic carbocycles. The molecule has 0 saturated carbocycles. The average Bonchev–Trinajstić information content (AvgIpc) is 2.81. The largest absolute Gasteiger partial charge is 0.494 e. The number of rotatable bonds is 5. The van der Waals surface area contributed by atoms with E-state index in [1.807, 2.05) is 26.2 Å². The maximum absolute atomic E-state index is 5.55. The summed E-state index contributed by atoms with van der Waals surface area (Å²) in [4.78, 5) is 5.60. The van der Waals surface area contributed by atoms with Crippen LogP contribution in [0.3, 0.4) is 0 Å². The molecule has 18 heavy (non-hydrogen) atoms. The van der Waals surface area contributed by atoms with Gasteiger partial charge in [-0.2, -0.15) is 0 Å². The molecule has 0 saturated heterocycles. The molecular formula is C14H18N2OS. The van der Waals surface area contributed by atoms with Gasteiger partial charge in [0.2, 0.25) is 0 Å². The highest BCUT2D eigenvalue weighted by Gasteiger charge is 2.06. The minimum Gasteiger partial charge on any atom is -0.494 e. The summed E-state index contributed by atoms with van der Waals surface area (Å²) in [7, 11) is 1.93. The average molecular weight is 262 g/mol. The zero-order valence-corrected chi connectivity index (χ0v) is 11.8. The number of nitrogens with one attached hydrogen (secondary N) is 1. The summed E-state index contributed by atoms with van der Waals surface area (Å²) in [6.07, 6.45) is 1.94. The van der Waals surface area contributed by atoms with Crippen molar-refractivity contribution in [3.8, 4) is 16.2 Å². The molecular weight excluding hydrogens is 244 g/mol. The summed E-state index contributed by atoms with van der Waals surface area (Å²) < 4.78 is 5.55. The van der Waals surface area contributed by atoms with E-state index in [0.717, 1.165) is 22.9 Å². The van der Waals surface area contributed by atoms with Gasteiger partial charge < -0.3 is 10.1 Å². The highest BCUT2D eigenvalue weighted by Crippen LogP contribution is 2.30. The van der Waals surface area contributed by atoms with E-state index < -0.39 is 0 Å². The molecule has 0 atom stereocenters. The third-order valence-electron chi connectivity index (χ3n) is 2.64. The first-order valence-electron chi connectivity index (χ1n) is 6.07. The van der Waals surface area contributed by atoms with Crippen LogP contribution in [0.2, 0.25) is 0 Å². The normalized spacial score (nSPS) is 10.6. The number of benzene rings is 1. The first-order chi connectivity index (χ1) is 8.74. The van der Waals surface area contributed by atoms with Crippen molar-refractivity contribution in [2.75, 3.05) is 13.7 Å². The van der Waals surface area contributed by atoms with Crippen molar-refractivity contribution in [3.05, 3.63) is 35.0 Å². The van der Waals surface area contributed by atoms with Gasteiger partial charge >= 0.3 is 0 Å². The highest BCUT2D eigenvalue weighted by molar-refractivity contribution is 7.15. The predicted molar refractivity (Wildman–Crippen MR) is 76.2 cm³/mol. The molecule has 1 aromatic heterocycles. The van der Waals surface area contributed by atoms with E-state index in [4.69, 9.17) is 4.74 Å². The number of ether oxygens (including phenoxy) is 1. The maximum Gasteiger partial charge on any atom is 0.122 e. The number of aryl methyl sites for hydroxylation is 1. The summed E-state index contributed by atoms with van der Waals surface area (Å²) in [6.45, 7) is 5.60. The van der Waals surface area contributed by atoms with Crippen LogP contribution in [0.5, 0.6) is 5.75 Å². The van der Waals surface area contributed by atoms with Gasteiger partial charge in [0, 0.05) is 12.7 Å². The second-order valence-corrected chi connectivity index (χ2v) is 5.18. The zero-order valence-electron chi connectivity index (χ0n) is 11.0. The van der Waals surface area contributed by atoms with Gasteiger partial charge in [-0.1, -0.05) is 0 Å². The Balaban J connectivity index is 2.24. The molecule has 2 rings (SSSR count). The van der Waals surface area contributed by atoms with Crippen LogP contribution < -0.4 is 10.1 Å². The molecule has 3 nitrogen and oxygen atoms in total. The van der Waals surface area contributed by atoms with Crippen molar-refractivity contribution < 1.29 is 4.74 Å². The monoisotopic (exact) mass is 262 g/mol. The predicted octanol–water partition coefficient (Wildman–Crippen LogP) is 3.24. The number of thiazole rings is 1. The van der Waals surface area contributed by atoms with Crippen LogP contribution in [0.15, 0.2) is 24.4 Å². The highest BCUT2D eigenvalue weighted by atomic mass is 32.1. The Bertz CT molecular complexity index is 522. The number of aromatic nitrogens is 1. The summed E-state index contributed by atoms with van der Waals surface area (Å²) in [5.41, 5.74) is 2.37. The second kappa shape index (κ2) is 5.98. The molecule has 0 radical (unpaired) electrons. The smallest absolute Gasteiger partial charge is 0.122 e. The number of hydrogen-bond acceptors (Lipinski definition) is 4. The van der Waals surface area contributed by atoms with Crippen molar-refractivity contribution in [1.29, 1.82) is 0 Å². The van der Waals surface area contributed by atoms with Crippen molar-refractivity contribution >= 4 is 11.3 Å². The molecule has 0 unspecified atom stereocenters. The fourth-order valence-electron chi connectivity index (χ4n) is 1.80. The van der Waals surface area contributed by atoms with Crippen LogP contribution in [0.25, 0.3) is 10.4 Å². The van der Waals surface area contributed by atoms with Crippen LogP contribution in [0.1, 0.15) is 17.5 Å². The molecule has 0 aliphatic rings. The SMILES string of the molecule is CCOc1ccc(-c2cnc(CNC)s2)cc1C. The van der Waals surface area contributed by atoms with E-state index in [1.54, 1.807) is 11.3 Å². The molecule has 0 aliphatic carbocycles. The lowest BCUT2D eigenvalue weighted by Crippen LogP contribution is -2.03. The first kappa shape index (κ1) is 13.1. The van der Waals surface area contributed by atoms with Gasteiger partial charge in [-0.3, -0.25) is 0 Å².